The molecular weight excluding hydrogens is 366 g/mol. The summed E-state index contributed by atoms with van der Waals surface area (Å²) in [6.07, 6.45) is 3.43. The number of hydrogen-bond donors (Lipinski definition) is 1. The highest BCUT2D eigenvalue weighted by Gasteiger charge is 2.25. The smallest absolute Gasteiger partial charge is 0.256 e. The summed E-state index contributed by atoms with van der Waals surface area (Å²) in [5.74, 6) is 0.342. The zero-order valence-corrected chi connectivity index (χ0v) is 15.9. The number of anilines is 2. The number of para-hydroxylation sites is 1. The molecule has 4 rings (SSSR count). The molecule has 0 saturated carbocycles. The van der Waals surface area contributed by atoms with Gasteiger partial charge in [0.1, 0.15) is 0 Å². The maximum Gasteiger partial charge on any atom is 0.256 e. The van der Waals surface area contributed by atoms with E-state index in [1.54, 1.807) is 53.7 Å². The number of aromatic nitrogens is 2. The second-order valence-electron chi connectivity index (χ2n) is 6.69. The number of carbonyl (C=O) groups is 2. The molecule has 1 aromatic heterocycles. The number of nitrogens with one attached hydrogen (secondary N) is 1. The average molecular weight is 387 g/mol. The van der Waals surface area contributed by atoms with Crippen LogP contribution in [0.25, 0.3) is 0 Å². The molecule has 0 atom stereocenters. The Hall–Kier alpha value is -3.74. The first-order valence-electron chi connectivity index (χ1n) is 9.49. The summed E-state index contributed by atoms with van der Waals surface area (Å²) in [6, 6.07) is 17.8. The lowest BCUT2D eigenvalue weighted by molar-refractivity contribution is 0.0747. The van der Waals surface area contributed by atoms with Crippen molar-refractivity contribution in [3.63, 3.8) is 0 Å². The van der Waals surface area contributed by atoms with Crippen LogP contribution < -0.4 is 10.2 Å². The number of rotatable bonds is 4. The van der Waals surface area contributed by atoms with Gasteiger partial charge in [0.05, 0.1) is 11.3 Å². The predicted molar refractivity (Wildman–Crippen MR) is 111 cm³/mol. The van der Waals surface area contributed by atoms with Gasteiger partial charge < -0.3 is 15.1 Å². The topological polar surface area (TPSA) is 78.4 Å². The Bertz CT molecular complexity index is 986. The van der Waals surface area contributed by atoms with Crippen molar-refractivity contribution in [1.82, 2.24) is 14.9 Å². The zero-order valence-electron chi connectivity index (χ0n) is 15.9. The summed E-state index contributed by atoms with van der Waals surface area (Å²) >= 11 is 0. The van der Waals surface area contributed by atoms with Gasteiger partial charge in [0, 0.05) is 44.1 Å². The highest BCUT2D eigenvalue weighted by molar-refractivity contribution is 6.09. The highest BCUT2D eigenvalue weighted by atomic mass is 16.2. The van der Waals surface area contributed by atoms with Crippen molar-refractivity contribution in [1.29, 1.82) is 0 Å². The third kappa shape index (κ3) is 4.24. The van der Waals surface area contributed by atoms with Gasteiger partial charge in [-0.2, -0.15) is 0 Å². The molecule has 1 fully saturated rings. The summed E-state index contributed by atoms with van der Waals surface area (Å²) in [5.41, 5.74) is 1.55. The average Bonchev–Trinajstić information content (AvgIpc) is 2.80. The first-order chi connectivity index (χ1) is 14.2. The SMILES string of the molecule is O=C(Nc1ccccc1C(=O)N1CCN(c2ncccn2)CC1)c1ccccc1. The van der Waals surface area contributed by atoms with Crippen molar-refractivity contribution in [2.24, 2.45) is 0 Å². The molecule has 1 saturated heterocycles. The van der Waals surface area contributed by atoms with E-state index in [9.17, 15) is 9.59 Å². The van der Waals surface area contributed by atoms with Gasteiger partial charge in [-0.3, -0.25) is 9.59 Å². The van der Waals surface area contributed by atoms with Crippen LogP contribution in [0.5, 0.6) is 0 Å². The van der Waals surface area contributed by atoms with E-state index in [0.29, 0.717) is 48.9 Å². The summed E-state index contributed by atoms with van der Waals surface area (Å²) in [4.78, 5) is 38.0. The Kier molecular flexibility index (Phi) is 5.47. The Morgan fingerprint density at radius 3 is 2.17 bits per heavy atom. The molecule has 1 N–H and O–H groups in total. The van der Waals surface area contributed by atoms with Crippen LogP contribution in [-0.4, -0.2) is 52.9 Å². The molecule has 29 heavy (non-hydrogen) atoms. The molecule has 0 bridgehead atoms. The van der Waals surface area contributed by atoms with E-state index in [2.05, 4.69) is 20.2 Å². The second kappa shape index (κ2) is 8.52. The molecule has 1 aliphatic rings. The molecule has 146 valence electrons. The lowest BCUT2D eigenvalue weighted by atomic mass is 10.1. The normalized spacial score (nSPS) is 13.8. The Morgan fingerprint density at radius 1 is 0.793 bits per heavy atom. The van der Waals surface area contributed by atoms with E-state index >= 15 is 0 Å². The first kappa shape index (κ1) is 18.6. The summed E-state index contributed by atoms with van der Waals surface area (Å²) in [5, 5.41) is 2.86. The van der Waals surface area contributed by atoms with Crippen LogP contribution in [0.15, 0.2) is 73.1 Å². The highest BCUT2D eigenvalue weighted by Crippen LogP contribution is 2.20. The molecule has 0 radical (unpaired) electrons. The van der Waals surface area contributed by atoms with Crippen LogP contribution in [0.3, 0.4) is 0 Å². The minimum absolute atomic E-state index is 0.0948. The number of carbonyl (C=O) groups excluding carboxylic acids is 2. The molecule has 0 aliphatic carbocycles. The third-order valence-corrected chi connectivity index (χ3v) is 4.84. The van der Waals surface area contributed by atoms with Gasteiger partial charge in [-0.15, -0.1) is 0 Å². The number of nitrogens with zero attached hydrogens (tertiary/aromatic N) is 4. The van der Waals surface area contributed by atoms with Crippen molar-refractivity contribution in [2.75, 3.05) is 36.4 Å². The minimum Gasteiger partial charge on any atom is -0.337 e. The third-order valence-electron chi connectivity index (χ3n) is 4.84. The van der Waals surface area contributed by atoms with Crippen molar-refractivity contribution in [2.45, 2.75) is 0 Å². The van der Waals surface area contributed by atoms with Crippen LogP contribution in [-0.2, 0) is 0 Å². The zero-order chi connectivity index (χ0) is 20.1. The lowest BCUT2D eigenvalue weighted by Crippen LogP contribution is -2.49. The van der Waals surface area contributed by atoms with Crippen molar-refractivity contribution in [3.8, 4) is 0 Å². The molecule has 0 unspecified atom stereocenters. The summed E-state index contributed by atoms with van der Waals surface area (Å²) in [6.45, 7) is 2.46. The molecule has 0 spiro atoms. The number of piperazine rings is 1. The summed E-state index contributed by atoms with van der Waals surface area (Å²) in [7, 11) is 0. The Morgan fingerprint density at radius 2 is 1.45 bits per heavy atom. The maximum absolute atomic E-state index is 13.1. The second-order valence-corrected chi connectivity index (χ2v) is 6.69. The van der Waals surface area contributed by atoms with Crippen molar-refractivity contribution >= 4 is 23.5 Å². The largest absolute Gasteiger partial charge is 0.337 e. The summed E-state index contributed by atoms with van der Waals surface area (Å²) < 4.78 is 0. The molecular formula is C22H21N5O2. The van der Waals surface area contributed by atoms with E-state index in [1.807, 2.05) is 24.3 Å². The van der Waals surface area contributed by atoms with Gasteiger partial charge in [-0.25, -0.2) is 9.97 Å². The molecule has 1 aliphatic heterocycles. The van der Waals surface area contributed by atoms with E-state index in [4.69, 9.17) is 0 Å². The number of amides is 2. The van der Waals surface area contributed by atoms with E-state index in [0.717, 1.165) is 0 Å². The van der Waals surface area contributed by atoms with Gasteiger partial charge in [-0.05, 0) is 30.3 Å². The minimum atomic E-state index is -0.239. The van der Waals surface area contributed by atoms with Gasteiger partial charge in [0.25, 0.3) is 11.8 Å². The van der Waals surface area contributed by atoms with Gasteiger partial charge in [0.15, 0.2) is 0 Å². The molecule has 7 nitrogen and oxygen atoms in total. The van der Waals surface area contributed by atoms with Gasteiger partial charge in [0.2, 0.25) is 5.95 Å². The first-order valence-corrected chi connectivity index (χ1v) is 9.49. The number of hydrogen-bond acceptors (Lipinski definition) is 5. The standard InChI is InChI=1S/C22H21N5O2/c28-20(17-7-2-1-3-8-17)25-19-10-5-4-9-18(19)21(29)26-13-15-27(16-14-26)22-23-11-6-12-24-22/h1-12H,13-16H2,(H,25,28). The molecule has 2 heterocycles. The fourth-order valence-electron chi connectivity index (χ4n) is 3.30. The van der Waals surface area contributed by atoms with Crippen LogP contribution >= 0.6 is 0 Å². The van der Waals surface area contributed by atoms with Crippen molar-refractivity contribution in [3.05, 3.63) is 84.2 Å². The fourth-order valence-corrected chi connectivity index (χ4v) is 3.30. The van der Waals surface area contributed by atoms with E-state index in [-0.39, 0.29) is 11.8 Å². The predicted octanol–water partition coefficient (Wildman–Crippen LogP) is 2.69. The Labute approximate surface area is 169 Å². The van der Waals surface area contributed by atoms with Crippen LogP contribution in [0.1, 0.15) is 20.7 Å². The fraction of sp³-hybridized carbons (Fsp3) is 0.182. The monoisotopic (exact) mass is 387 g/mol. The van der Waals surface area contributed by atoms with Crippen LogP contribution in [0.4, 0.5) is 11.6 Å². The number of benzene rings is 2. The van der Waals surface area contributed by atoms with Crippen molar-refractivity contribution < 1.29 is 9.59 Å². The van der Waals surface area contributed by atoms with Gasteiger partial charge in [-0.1, -0.05) is 30.3 Å². The van der Waals surface area contributed by atoms with Crippen LogP contribution in [0, 0.1) is 0 Å². The maximum atomic E-state index is 13.1. The Balaban J connectivity index is 1.45. The van der Waals surface area contributed by atoms with Crippen LogP contribution in [0.2, 0.25) is 0 Å². The molecule has 7 heteroatoms. The van der Waals surface area contributed by atoms with E-state index < -0.39 is 0 Å². The molecule has 2 aromatic carbocycles. The molecule has 3 aromatic rings. The lowest BCUT2D eigenvalue weighted by Gasteiger charge is -2.35. The van der Waals surface area contributed by atoms with Gasteiger partial charge >= 0.3 is 0 Å². The van der Waals surface area contributed by atoms with E-state index in [1.165, 1.54) is 0 Å². The quantitative estimate of drug-likeness (QED) is 0.745. The molecule has 2 amide bonds.